The molecule has 2 aliphatic rings. The smallest absolute Gasteiger partial charge is 0.305 e. The molecule has 1 unspecified atom stereocenters. The molecule has 0 bridgehead atoms. The Balaban J connectivity index is 1.51. The molecule has 38 heavy (non-hydrogen) atoms. The van der Waals surface area contributed by atoms with Gasteiger partial charge in [-0.1, -0.05) is 32.0 Å². The average molecular weight is 525 g/mol. The number of likely N-dealkylation sites (tertiary alicyclic amines) is 1. The van der Waals surface area contributed by atoms with Gasteiger partial charge < -0.3 is 19.3 Å². The van der Waals surface area contributed by atoms with Gasteiger partial charge in [0.05, 0.1) is 26.7 Å². The highest BCUT2D eigenvalue weighted by Crippen LogP contribution is 2.34. The standard InChI is InChI=1S/C29H36N2O7/c1-19(2)17-30(23(16-29(34)35)21-5-7-24-22(15-21)10-12-37-24)18-20-4-6-25(26(14-20)36-3)38-13-11-31-27(32)8-9-28(31)33/h4-7,14-15,19,23H,8-13,16-18H2,1-3H3,(H,34,35). The number of methoxy groups -OCH3 is 1. The first-order valence-electron chi connectivity index (χ1n) is 13.1. The van der Waals surface area contributed by atoms with Crippen molar-refractivity contribution < 1.29 is 33.7 Å². The number of hydrogen-bond donors (Lipinski definition) is 1. The summed E-state index contributed by atoms with van der Waals surface area (Å²) in [5.41, 5.74) is 3.04. The van der Waals surface area contributed by atoms with Crippen molar-refractivity contribution in [1.82, 2.24) is 9.80 Å². The molecule has 2 heterocycles. The van der Waals surface area contributed by atoms with Crippen molar-refractivity contribution in [3.63, 3.8) is 0 Å². The second-order valence-electron chi connectivity index (χ2n) is 10.2. The average Bonchev–Trinajstić information content (AvgIpc) is 3.48. The van der Waals surface area contributed by atoms with Crippen LogP contribution in [-0.2, 0) is 27.3 Å². The summed E-state index contributed by atoms with van der Waals surface area (Å²) in [5.74, 6) is 1.07. The number of imide groups is 1. The number of carbonyl (C=O) groups excluding carboxylic acids is 2. The Kier molecular flexibility index (Phi) is 8.89. The van der Waals surface area contributed by atoms with Crippen LogP contribution in [0.25, 0.3) is 0 Å². The Bertz CT molecular complexity index is 1160. The molecule has 1 atom stereocenters. The molecule has 0 saturated carbocycles. The third-order valence-corrected chi connectivity index (χ3v) is 6.85. The summed E-state index contributed by atoms with van der Waals surface area (Å²) < 4.78 is 17.1. The van der Waals surface area contributed by atoms with Gasteiger partial charge >= 0.3 is 5.97 Å². The maximum absolute atomic E-state index is 11.9. The highest BCUT2D eigenvalue weighted by Gasteiger charge is 2.29. The molecule has 0 aromatic heterocycles. The Labute approximate surface area is 223 Å². The van der Waals surface area contributed by atoms with Gasteiger partial charge in [0, 0.05) is 38.4 Å². The third-order valence-electron chi connectivity index (χ3n) is 6.85. The van der Waals surface area contributed by atoms with Gasteiger partial charge in [-0.25, -0.2) is 0 Å². The molecule has 0 aliphatic carbocycles. The van der Waals surface area contributed by atoms with Gasteiger partial charge in [-0.2, -0.15) is 0 Å². The molecule has 2 aromatic rings. The number of ether oxygens (including phenoxy) is 3. The zero-order valence-corrected chi connectivity index (χ0v) is 22.3. The minimum absolute atomic E-state index is 0.0152. The molecular formula is C29H36N2O7. The lowest BCUT2D eigenvalue weighted by atomic mass is 9.97. The third kappa shape index (κ3) is 6.64. The second-order valence-corrected chi connectivity index (χ2v) is 10.2. The van der Waals surface area contributed by atoms with Crippen LogP contribution in [-0.4, -0.2) is 66.1 Å². The van der Waals surface area contributed by atoms with E-state index in [0.717, 1.165) is 28.9 Å². The van der Waals surface area contributed by atoms with Crippen molar-refractivity contribution in [2.24, 2.45) is 5.92 Å². The van der Waals surface area contributed by atoms with Crippen LogP contribution >= 0.6 is 0 Å². The fourth-order valence-electron chi connectivity index (χ4n) is 5.09. The van der Waals surface area contributed by atoms with Crippen LogP contribution in [0, 0.1) is 5.92 Å². The normalized spacial score (nSPS) is 15.7. The monoisotopic (exact) mass is 524 g/mol. The number of carboxylic acid groups (broad SMARTS) is 1. The molecule has 9 heteroatoms. The fraction of sp³-hybridized carbons (Fsp3) is 0.483. The van der Waals surface area contributed by atoms with Crippen molar-refractivity contribution in [3.05, 3.63) is 53.1 Å². The van der Waals surface area contributed by atoms with Gasteiger partial charge in [0.25, 0.3) is 0 Å². The Hall–Kier alpha value is -3.59. The van der Waals surface area contributed by atoms with E-state index < -0.39 is 5.97 Å². The first-order valence-corrected chi connectivity index (χ1v) is 13.1. The minimum atomic E-state index is -0.850. The predicted octanol–water partition coefficient (Wildman–Crippen LogP) is 3.83. The van der Waals surface area contributed by atoms with Gasteiger partial charge in [-0.3, -0.25) is 24.2 Å². The molecule has 9 nitrogen and oxygen atoms in total. The lowest BCUT2D eigenvalue weighted by Gasteiger charge is -2.33. The molecule has 2 aromatic carbocycles. The number of carboxylic acids is 1. The molecule has 4 rings (SSSR count). The van der Waals surface area contributed by atoms with E-state index in [1.165, 1.54) is 4.90 Å². The molecule has 0 spiro atoms. The number of benzene rings is 2. The molecular weight excluding hydrogens is 488 g/mol. The van der Waals surface area contributed by atoms with E-state index in [4.69, 9.17) is 14.2 Å². The van der Waals surface area contributed by atoms with E-state index in [0.29, 0.717) is 37.1 Å². The van der Waals surface area contributed by atoms with Crippen LogP contribution in [0.15, 0.2) is 36.4 Å². The molecule has 1 N–H and O–H groups in total. The summed E-state index contributed by atoms with van der Waals surface area (Å²) >= 11 is 0. The highest BCUT2D eigenvalue weighted by atomic mass is 16.5. The van der Waals surface area contributed by atoms with Crippen LogP contribution in [0.3, 0.4) is 0 Å². The maximum atomic E-state index is 11.9. The zero-order valence-electron chi connectivity index (χ0n) is 22.3. The van der Waals surface area contributed by atoms with Crippen molar-refractivity contribution >= 4 is 17.8 Å². The first-order chi connectivity index (χ1) is 18.2. The number of aliphatic carboxylic acids is 1. The minimum Gasteiger partial charge on any atom is -0.493 e. The Morgan fingerprint density at radius 3 is 2.53 bits per heavy atom. The number of rotatable bonds is 13. The molecule has 1 saturated heterocycles. The topological polar surface area (TPSA) is 106 Å². The summed E-state index contributed by atoms with van der Waals surface area (Å²) in [4.78, 5) is 39.0. The summed E-state index contributed by atoms with van der Waals surface area (Å²) in [5, 5.41) is 9.77. The Morgan fingerprint density at radius 1 is 1.08 bits per heavy atom. The van der Waals surface area contributed by atoms with E-state index in [9.17, 15) is 19.5 Å². The van der Waals surface area contributed by atoms with Crippen LogP contribution in [0.2, 0.25) is 0 Å². The number of nitrogens with zero attached hydrogens (tertiary/aromatic N) is 2. The van der Waals surface area contributed by atoms with Crippen LogP contribution in [0.1, 0.15) is 55.8 Å². The van der Waals surface area contributed by atoms with Crippen LogP contribution < -0.4 is 14.2 Å². The van der Waals surface area contributed by atoms with E-state index in [1.54, 1.807) is 7.11 Å². The van der Waals surface area contributed by atoms with Crippen molar-refractivity contribution in [3.8, 4) is 17.2 Å². The quantitative estimate of drug-likeness (QED) is 0.394. The molecule has 2 aliphatic heterocycles. The molecule has 204 valence electrons. The van der Waals surface area contributed by atoms with Gasteiger partial charge in [0.15, 0.2) is 11.5 Å². The molecule has 1 fully saturated rings. The Morgan fingerprint density at radius 2 is 1.84 bits per heavy atom. The first kappa shape index (κ1) is 27.4. The zero-order chi connectivity index (χ0) is 27.2. The van der Waals surface area contributed by atoms with Gasteiger partial charge in [0.1, 0.15) is 12.4 Å². The van der Waals surface area contributed by atoms with Crippen molar-refractivity contribution in [2.45, 2.75) is 52.1 Å². The lowest BCUT2D eigenvalue weighted by molar-refractivity contribution is -0.140. The van der Waals surface area contributed by atoms with Gasteiger partial charge in [0.2, 0.25) is 11.8 Å². The summed E-state index contributed by atoms with van der Waals surface area (Å²) in [6.45, 7) is 6.50. The van der Waals surface area contributed by atoms with Crippen LogP contribution in [0.5, 0.6) is 17.2 Å². The number of fused-ring (bicyclic) bond motifs is 1. The summed E-state index contributed by atoms with van der Waals surface area (Å²) in [6, 6.07) is 11.3. The van der Waals surface area contributed by atoms with Gasteiger partial charge in [-0.05, 0) is 40.8 Å². The highest BCUT2D eigenvalue weighted by molar-refractivity contribution is 6.01. The molecule has 2 amide bonds. The van der Waals surface area contributed by atoms with E-state index in [1.807, 2.05) is 30.3 Å². The maximum Gasteiger partial charge on any atom is 0.305 e. The SMILES string of the molecule is COc1cc(CN(CC(C)C)C(CC(=O)O)c2ccc3c(c2)CCO3)ccc1OCCN1C(=O)CCC1=O. The van der Waals surface area contributed by atoms with E-state index in [-0.39, 0.29) is 50.3 Å². The second kappa shape index (κ2) is 12.3. The summed E-state index contributed by atoms with van der Waals surface area (Å²) in [7, 11) is 1.56. The number of carbonyl (C=O) groups is 3. The van der Waals surface area contributed by atoms with E-state index >= 15 is 0 Å². The fourth-order valence-corrected chi connectivity index (χ4v) is 5.09. The number of amides is 2. The molecule has 0 radical (unpaired) electrons. The van der Waals surface area contributed by atoms with E-state index in [2.05, 4.69) is 24.8 Å². The number of hydrogen-bond acceptors (Lipinski definition) is 7. The van der Waals surface area contributed by atoms with Crippen LogP contribution in [0.4, 0.5) is 0 Å². The van der Waals surface area contributed by atoms with Crippen molar-refractivity contribution in [2.75, 3.05) is 33.4 Å². The lowest BCUT2D eigenvalue weighted by Crippen LogP contribution is -2.33. The van der Waals surface area contributed by atoms with Gasteiger partial charge in [-0.15, -0.1) is 0 Å². The largest absolute Gasteiger partial charge is 0.493 e. The summed E-state index contributed by atoms with van der Waals surface area (Å²) in [6.07, 6.45) is 1.32. The van der Waals surface area contributed by atoms with Crippen molar-refractivity contribution in [1.29, 1.82) is 0 Å². The predicted molar refractivity (Wildman–Crippen MR) is 140 cm³/mol.